The SMILES string of the molecule is COCc1cccc2c(NN)c(C)c(C(F)(F)F)nc12. The first-order valence-electron chi connectivity index (χ1n) is 5.85. The molecule has 0 spiro atoms. The number of hydrogen-bond acceptors (Lipinski definition) is 4. The van der Waals surface area contributed by atoms with Gasteiger partial charge in [-0.25, -0.2) is 4.98 Å². The maximum atomic E-state index is 13.0. The molecule has 20 heavy (non-hydrogen) atoms. The second-order valence-electron chi connectivity index (χ2n) is 4.35. The molecule has 2 aromatic rings. The third-order valence-corrected chi connectivity index (χ3v) is 3.06. The monoisotopic (exact) mass is 285 g/mol. The van der Waals surface area contributed by atoms with Gasteiger partial charge in [-0.1, -0.05) is 18.2 Å². The standard InChI is InChI=1S/C13H14F3N3O/c1-7-10(19-17)9-5-3-4-8(6-20-2)11(9)18-12(7)13(14,15)16/h3-5H,6,17H2,1-2H3,(H,18,19). The number of alkyl halides is 3. The molecule has 1 heterocycles. The molecule has 0 aliphatic heterocycles. The van der Waals surface area contributed by atoms with Crippen molar-refractivity contribution in [2.75, 3.05) is 12.5 Å². The van der Waals surface area contributed by atoms with Gasteiger partial charge < -0.3 is 10.2 Å². The number of rotatable bonds is 3. The molecule has 0 aliphatic rings. The fourth-order valence-corrected chi connectivity index (χ4v) is 2.18. The number of halogens is 3. The number of hydrogen-bond donors (Lipinski definition) is 2. The maximum Gasteiger partial charge on any atom is 0.433 e. The molecule has 1 aromatic heterocycles. The number of fused-ring (bicyclic) bond motifs is 1. The highest BCUT2D eigenvalue weighted by atomic mass is 19.4. The summed E-state index contributed by atoms with van der Waals surface area (Å²) in [5.41, 5.74) is 2.41. The van der Waals surface area contributed by atoms with Crippen LogP contribution in [0.5, 0.6) is 0 Å². The van der Waals surface area contributed by atoms with E-state index in [1.165, 1.54) is 14.0 Å². The van der Waals surface area contributed by atoms with Crippen LogP contribution < -0.4 is 11.3 Å². The van der Waals surface area contributed by atoms with Crippen molar-refractivity contribution in [2.24, 2.45) is 5.84 Å². The van der Waals surface area contributed by atoms with Crippen molar-refractivity contribution in [1.29, 1.82) is 0 Å². The number of benzene rings is 1. The average molecular weight is 285 g/mol. The van der Waals surface area contributed by atoms with Gasteiger partial charge in [-0.15, -0.1) is 0 Å². The molecule has 0 aliphatic carbocycles. The highest BCUT2D eigenvalue weighted by Gasteiger charge is 2.36. The number of hydrazine groups is 1. The van der Waals surface area contributed by atoms with E-state index >= 15 is 0 Å². The molecule has 108 valence electrons. The van der Waals surface area contributed by atoms with Crippen molar-refractivity contribution in [3.63, 3.8) is 0 Å². The summed E-state index contributed by atoms with van der Waals surface area (Å²) in [6, 6.07) is 5.07. The Labute approximate surface area is 113 Å². The Morgan fingerprint density at radius 1 is 1.35 bits per heavy atom. The fourth-order valence-electron chi connectivity index (χ4n) is 2.18. The molecule has 0 saturated carbocycles. The topological polar surface area (TPSA) is 60.2 Å². The first kappa shape index (κ1) is 14.5. The molecule has 0 fully saturated rings. The Morgan fingerprint density at radius 3 is 2.60 bits per heavy atom. The summed E-state index contributed by atoms with van der Waals surface area (Å²) in [6.07, 6.45) is -4.54. The molecule has 0 saturated heterocycles. The van der Waals surface area contributed by atoms with Crippen LogP contribution in [0.1, 0.15) is 16.8 Å². The van der Waals surface area contributed by atoms with Gasteiger partial charge in [-0.2, -0.15) is 13.2 Å². The van der Waals surface area contributed by atoms with Crippen molar-refractivity contribution < 1.29 is 17.9 Å². The van der Waals surface area contributed by atoms with Crippen LogP contribution in [0.2, 0.25) is 0 Å². The zero-order valence-electron chi connectivity index (χ0n) is 11.0. The Kier molecular flexibility index (Phi) is 3.82. The lowest BCUT2D eigenvalue weighted by Gasteiger charge is -2.17. The van der Waals surface area contributed by atoms with E-state index in [2.05, 4.69) is 10.4 Å². The molecule has 0 unspecified atom stereocenters. The van der Waals surface area contributed by atoms with Crippen LogP contribution >= 0.6 is 0 Å². The van der Waals surface area contributed by atoms with Crippen molar-refractivity contribution in [3.8, 4) is 0 Å². The molecule has 4 nitrogen and oxygen atoms in total. The smallest absolute Gasteiger partial charge is 0.380 e. The summed E-state index contributed by atoms with van der Waals surface area (Å²) in [5, 5.41) is 0.535. The number of methoxy groups -OCH3 is 1. The Bertz CT molecular complexity index is 641. The highest BCUT2D eigenvalue weighted by molar-refractivity contribution is 5.95. The van der Waals surface area contributed by atoms with E-state index in [0.29, 0.717) is 10.9 Å². The average Bonchev–Trinajstić information content (AvgIpc) is 2.37. The summed E-state index contributed by atoms with van der Waals surface area (Å²) in [4.78, 5) is 3.77. The summed E-state index contributed by atoms with van der Waals surface area (Å²) in [5.74, 6) is 5.38. The number of nitrogens with one attached hydrogen (secondary N) is 1. The number of nitrogens with zero attached hydrogens (tertiary/aromatic N) is 1. The third kappa shape index (κ3) is 2.41. The molecule has 1 aromatic carbocycles. The van der Waals surface area contributed by atoms with Crippen LogP contribution in [0.15, 0.2) is 18.2 Å². The van der Waals surface area contributed by atoms with Crippen molar-refractivity contribution in [2.45, 2.75) is 19.7 Å². The van der Waals surface area contributed by atoms with Gasteiger partial charge in [0.2, 0.25) is 0 Å². The number of nitrogens with two attached hydrogens (primary N) is 1. The molecule has 0 amide bonds. The number of para-hydroxylation sites is 1. The second-order valence-corrected chi connectivity index (χ2v) is 4.35. The molecule has 2 rings (SSSR count). The van der Waals surface area contributed by atoms with Gasteiger partial charge in [0.15, 0.2) is 0 Å². The summed E-state index contributed by atoms with van der Waals surface area (Å²) < 4.78 is 44.1. The summed E-state index contributed by atoms with van der Waals surface area (Å²) in [7, 11) is 1.47. The quantitative estimate of drug-likeness (QED) is 0.672. The molecular formula is C13H14F3N3O. The lowest BCUT2D eigenvalue weighted by Crippen LogP contribution is -2.16. The van der Waals surface area contributed by atoms with Gasteiger partial charge in [0, 0.05) is 23.6 Å². The third-order valence-electron chi connectivity index (χ3n) is 3.06. The van der Waals surface area contributed by atoms with Gasteiger partial charge in [0.1, 0.15) is 5.69 Å². The van der Waals surface area contributed by atoms with Crippen LogP contribution in [0, 0.1) is 6.92 Å². The summed E-state index contributed by atoms with van der Waals surface area (Å²) in [6.45, 7) is 1.52. The van der Waals surface area contributed by atoms with E-state index in [1.54, 1.807) is 18.2 Å². The van der Waals surface area contributed by atoms with Gasteiger partial charge in [-0.3, -0.25) is 5.84 Å². The van der Waals surface area contributed by atoms with Crippen LogP contribution in [-0.2, 0) is 17.5 Å². The minimum Gasteiger partial charge on any atom is -0.380 e. The van der Waals surface area contributed by atoms with Gasteiger partial charge in [-0.05, 0) is 6.92 Å². The van der Waals surface area contributed by atoms with Crippen LogP contribution in [-0.4, -0.2) is 12.1 Å². The Balaban J connectivity index is 2.85. The number of anilines is 1. The molecule has 0 radical (unpaired) electrons. The van der Waals surface area contributed by atoms with E-state index in [1.807, 2.05) is 0 Å². The number of ether oxygens (including phenoxy) is 1. The Morgan fingerprint density at radius 2 is 2.05 bits per heavy atom. The fraction of sp³-hybridized carbons (Fsp3) is 0.308. The van der Waals surface area contributed by atoms with Gasteiger partial charge in [0.05, 0.1) is 17.8 Å². The zero-order valence-corrected chi connectivity index (χ0v) is 11.0. The van der Waals surface area contributed by atoms with Gasteiger partial charge >= 0.3 is 6.18 Å². The molecular weight excluding hydrogens is 271 g/mol. The molecule has 0 atom stereocenters. The van der Waals surface area contributed by atoms with Crippen molar-refractivity contribution in [3.05, 3.63) is 35.0 Å². The predicted molar refractivity (Wildman–Crippen MR) is 70.0 cm³/mol. The second kappa shape index (κ2) is 5.26. The van der Waals surface area contributed by atoms with Crippen LogP contribution in [0.4, 0.5) is 18.9 Å². The van der Waals surface area contributed by atoms with E-state index < -0.39 is 11.9 Å². The van der Waals surface area contributed by atoms with Crippen molar-refractivity contribution >= 4 is 16.6 Å². The first-order valence-corrected chi connectivity index (χ1v) is 5.85. The van der Waals surface area contributed by atoms with E-state index in [9.17, 15) is 13.2 Å². The van der Waals surface area contributed by atoms with E-state index in [-0.39, 0.29) is 23.4 Å². The normalized spacial score (nSPS) is 11.9. The lowest BCUT2D eigenvalue weighted by atomic mass is 10.0. The van der Waals surface area contributed by atoms with E-state index in [4.69, 9.17) is 10.6 Å². The number of pyridine rings is 1. The predicted octanol–water partition coefficient (Wildman–Crippen LogP) is 2.99. The van der Waals surface area contributed by atoms with Crippen LogP contribution in [0.25, 0.3) is 10.9 Å². The largest absolute Gasteiger partial charge is 0.433 e. The maximum absolute atomic E-state index is 13.0. The summed E-state index contributed by atoms with van der Waals surface area (Å²) >= 11 is 0. The molecule has 3 N–H and O–H groups in total. The molecule has 7 heteroatoms. The zero-order chi connectivity index (χ0) is 14.9. The minimum atomic E-state index is -4.54. The van der Waals surface area contributed by atoms with Crippen molar-refractivity contribution in [1.82, 2.24) is 4.98 Å². The Hall–Kier alpha value is -1.86. The number of nitrogen functional groups attached to an aromatic ring is 1. The van der Waals surface area contributed by atoms with Crippen LogP contribution in [0.3, 0.4) is 0 Å². The van der Waals surface area contributed by atoms with E-state index in [0.717, 1.165) is 0 Å². The number of aromatic nitrogens is 1. The first-order chi connectivity index (χ1) is 9.40. The lowest BCUT2D eigenvalue weighted by molar-refractivity contribution is -0.141. The van der Waals surface area contributed by atoms with Gasteiger partial charge in [0.25, 0.3) is 0 Å². The molecule has 0 bridgehead atoms. The highest BCUT2D eigenvalue weighted by Crippen LogP contribution is 2.37. The minimum absolute atomic E-state index is 0.0259.